The second-order valence-corrected chi connectivity index (χ2v) is 9.92. The van der Waals surface area contributed by atoms with E-state index in [1.807, 2.05) is 0 Å². The van der Waals surface area contributed by atoms with Crippen molar-refractivity contribution in [3.05, 3.63) is 76.9 Å². The number of phenols is 1. The molecule has 1 aromatic heterocycles. The Balaban J connectivity index is 1.54. The first-order valence-corrected chi connectivity index (χ1v) is 11.6. The molecule has 1 aliphatic carbocycles. The number of nitrogens with one attached hydrogen (secondary N) is 1. The number of hydrogen-bond donors (Lipinski definition) is 2. The molecule has 1 fully saturated rings. The van der Waals surface area contributed by atoms with Gasteiger partial charge in [0, 0.05) is 18.7 Å². The highest BCUT2D eigenvalue weighted by Crippen LogP contribution is 2.33. The van der Waals surface area contributed by atoms with Gasteiger partial charge in [-0.15, -0.1) is 11.3 Å². The zero-order chi connectivity index (χ0) is 21.3. The molecule has 0 radical (unpaired) electrons. The van der Waals surface area contributed by atoms with Gasteiger partial charge in [-0.3, -0.25) is 9.52 Å². The van der Waals surface area contributed by atoms with E-state index in [1.54, 1.807) is 28.5 Å². The second kappa shape index (κ2) is 8.08. The van der Waals surface area contributed by atoms with Crippen molar-refractivity contribution in [3.63, 3.8) is 0 Å². The standard InChI is InChI=1S/C21H19FN2O4S2/c22-15-5-3-14(4-6-15)13-24(17-8-9-17)21(26)18-10-7-16(12-19(18)25)23-30(27,28)20-2-1-11-29-20/h1-7,10-12,17,23,25H,8-9,13H2. The topological polar surface area (TPSA) is 86.7 Å². The number of benzene rings is 2. The predicted octanol–water partition coefficient (Wildman–Crippen LogP) is 4.20. The van der Waals surface area contributed by atoms with Crippen LogP contribution >= 0.6 is 11.3 Å². The Morgan fingerprint density at radius 2 is 1.90 bits per heavy atom. The molecule has 1 aliphatic rings. The molecular formula is C21H19FN2O4S2. The molecule has 1 heterocycles. The van der Waals surface area contributed by atoms with E-state index in [-0.39, 0.29) is 39.0 Å². The van der Waals surface area contributed by atoms with E-state index in [0.717, 1.165) is 29.7 Å². The molecule has 0 saturated heterocycles. The van der Waals surface area contributed by atoms with Gasteiger partial charge in [0.1, 0.15) is 15.8 Å². The molecule has 156 valence electrons. The van der Waals surface area contributed by atoms with Crippen LogP contribution in [0, 0.1) is 5.82 Å². The molecular weight excluding hydrogens is 427 g/mol. The summed E-state index contributed by atoms with van der Waals surface area (Å²) in [5.41, 5.74) is 1.04. The summed E-state index contributed by atoms with van der Waals surface area (Å²) in [6.07, 6.45) is 1.73. The van der Waals surface area contributed by atoms with Gasteiger partial charge in [-0.2, -0.15) is 0 Å². The number of anilines is 1. The van der Waals surface area contributed by atoms with Crippen molar-refractivity contribution in [1.29, 1.82) is 0 Å². The lowest BCUT2D eigenvalue weighted by Crippen LogP contribution is -2.32. The Morgan fingerprint density at radius 3 is 2.50 bits per heavy atom. The highest BCUT2D eigenvalue weighted by atomic mass is 32.2. The number of sulfonamides is 1. The number of phenolic OH excluding ortho intramolecular Hbond substituents is 1. The molecule has 0 unspecified atom stereocenters. The Morgan fingerprint density at radius 1 is 1.17 bits per heavy atom. The maximum Gasteiger partial charge on any atom is 0.271 e. The van der Waals surface area contributed by atoms with Crippen LogP contribution in [0.3, 0.4) is 0 Å². The van der Waals surface area contributed by atoms with Crippen molar-refractivity contribution in [2.75, 3.05) is 4.72 Å². The largest absolute Gasteiger partial charge is 0.507 e. The molecule has 30 heavy (non-hydrogen) atoms. The summed E-state index contributed by atoms with van der Waals surface area (Å²) >= 11 is 1.08. The van der Waals surface area contributed by atoms with Crippen LogP contribution in [0.2, 0.25) is 0 Å². The number of amides is 1. The van der Waals surface area contributed by atoms with E-state index in [1.165, 1.54) is 36.4 Å². The summed E-state index contributed by atoms with van der Waals surface area (Å²) in [5.74, 6) is -1.01. The lowest BCUT2D eigenvalue weighted by atomic mass is 10.1. The van der Waals surface area contributed by atoms with Crippen molar-refractivity contribution >= 4 is 33.0 Å². The third kappa shape index (κ3) is 4.47. The monoisotopic (exact) mass is 446 g/mol. The lowest BCUT2D eigenvalue weighted by molar-refractivity contribution is 0.0727. The molecule has 3 aromatic rings. The summed E-state index contributed by atoms with van der Waals surface area (Å²) in [5, 5.41) is 12.1. The van der Waals surface area contributed by atoms with Gasteiger partial charge in [0.15, 0.2) is 0 Å². The van der Waals surface area contributed by atoms with Crippen LogP contribution in [0.1, 0.15) is 28.8 Å². The van der Waals surface area contributed by atoms with Crippen LogP contribution < -0.4 is 4.72 Å². The third-order valence-electron chi connectivity index (χ3n) is 4.75. The number of carbonyl (C=O) groups is 1. The van der Waals surface area contributed by atoms with Crippen molar-refractivity contribution in [2.45, 2.75) is 29.6 Å². The fourth-order valence-corrected chi connectivity index (χ4v) is 5.13. The first-order chi connectivity index (χ1) is 14.3. The molecule has 2 aromatic carbocycles. The highest BCUT2D eigenvalue weighted by Gasteiger charge is 2.34. The molecule has 1 amide bonds. The number of nitrogens with zero attached hydrogens (tertiary/aromatic N) is 1. The van der Waals surface area contributed by atoms with E-state index in [0.29, 0.717) is 6.54 Å². The van der Waals surface area contributed by atoms with Crippen LogP contribution in [-0.4, -0.2) is 30.4 Å². The molecule has 0 atom stereocenters. The van der Waals surface area contributed by atoms with Crippen molar-refractivity contribution in [1.82, 2.24) is 4.90 Å². The van der Waals surface area contributed by atoms with E-state index < -0.39 is 10.0 Å². The normalized spacial score (nSPS) is 13.8. The fraction of sp³-hybridized carbons (Fsp3) is 0.190. The van der Waals surface area contributed by atoms with Crippen molar-refractivity contribution < 1.29 is 22.7 Å². The quantitative estimate of drug-likeness (QED) is 0.570. The number of hydrogen-bond acceptors (Lipinski definition) is 5. The number of thiophene rings is 1. The number of aromatic hydroxyl groups is 1. The molecule has 0 aliphatic heterocycles. The number of carbonyl (C=O) groups excluding carboxylic acids is 1. The van der Waals surface area contributed by atoms with Crippen LogP contribution in [0.15, 0.2) is 64.2 Å². The molecule has 0 bridgehead atoms. The molecule has 6 nitrogen and oxygen atoms in total. The third-order valence-corrected chi connectivity index (χ3v) is 7.53. The molecule has 0 spiro atoms. The predicted molar refractivity (Wildman–Crippen MR) is 113 cm³/mol. The number of halogens is 1. The minimum absolute atomic E-state index is 0.0685. The smallest absolute Gasteiger partial charge is 0.271 e. The summed E-state index contributed by atoms with van der Waals surface area (Å²) in [7, 11) is -3.75. The van der Waals surface area contributed by atoms with Crippen LogP contribution in [0.25, 0.3) is 0 Å². The Hall–Kier alpha value is -2.91. The molecule has 9 heteroatoms. The molecule has 4 rings (SSSR count). The fourth-order valence-electron chi connectivity index (χ4n) is 3.09. The lowest BCUT2D eigenvalue weighted by Gasteiger charge is -2.23. The van der Waals surface area contributed by atoms with Gasteiger partial charge < -0.3 is 10.0 Å². The molecule has 2 N–H and O–H groups in total. The van der Waals surface area contributed by atoms with Crippen LogP contribution in [0.5, 0.6) is 5.75 Å². The van der Waals surface area contributed by atoms with Crippen molar-refractivity contribution in [2.24, 2.45) is 0 Å². The second-order valence-electron chi connectivity index (χ2n) is 7.06. The SMILES string of the molecule is O=C(c1ccc(NS(=O)(=O)c2cccs2)cc1O)N(Cc1ccc(F)cc1)C1CC1. The van der Waals surface area contributed by atoms with Gasteiger partial charge in [0.2, 0.25) is 0 Å². The first-order valence-electron chi connectivity index (χ1n) is 9.28. The number of rotatable bonds is 7. The first kappa shape index (κ1) is 20.4. The van der Waals surface area contributed by atoms with Gasteiger partial charge in [0.05, 0.1) is 11.3 Å². The van der Waals surface area contributed by atoms with E-state index in [4.69, 9.17) is 0 Å². The maximum atomic E-state index is 13.2. The van der Waals surface area contributed by atoms with Gasteiger partial charge in [0.25, 0.3) is 15.9 Å². The van der Waals surface area contributed by atoms with Crippen LogP contribution in [-0.2, 0) is 16.6 Å². The highest BCUT2D eigenvalue weighted by molar-refractivity contribution is 7.94. The zero-order valence-electron chi connectivity index (χ0n) is 15.8. The van der Waals surface area contributed by atoms with Crippen LogP contribution in [0.4, 0.5) is 10.1 Å². The van der Waals surface area contributed by atoms with Crippen molar-refractivity contribution in [3.8, 4) is 5.75 Å². The zero-order valence-corrected chi connectivity index (χ0v) is 17.4. The summed E-state index contributed by atoms with van der Waals surface area (Å²) < 4.78 is 40.4. The Bertz CT molecular complexity index is 1160. The average Bonchev–Trinajstić information content (AvgIpc) is 3.38. The Kier molecular flexibility index (Phi) is 5.48. The molecule has 1 saturated carbocycles. The van der Waals surface area contributed by atoms with E-state index in [9.17, 15) is 22.7 Å². The minimum atomic E-state index is -3.75. The van der Waals surface area contributed by atoms with E-state index >= 15 is 0 Å². The maximum absolute atomic E-state index is 13.2. The van der Waals surface area contributed by atoms with Gasteiger partial charge in [-0.25, -0.2) is 12.8 Å². The summed E-state index contributed by atoms with van der Waals surface area (Å²) in [4.78, 5) is 14.7. The van der Waals surface area contributed by atoms with Gasteiger partial charge in [-0.1, -0.05) is 18.2 Å². The summed E-state index contributed by atoms with van der Waals surface area (Å²) in [6.45, 7) is 0.302. The van der Waals surface area contributed by atoms with Gasteiger partial charge in [-0.05, 0) is 54.1 Å². The minimum Gasteiger partial charge on any atom is -0.507 e. The van der Waals surface area contributed by atoms with Gasteiger partial charge >= 0.3 is 0 Å². The summed E-state index contributed by atoms with van der Waals surface area (Å²) in [6, 6.07) is 13.2. The average molecular weight is 447 g/mol. The Labute approximate surface area is 177 Å². The van der Waals surface area contributed by atoms with E-state index in [2.05, 4.69) is 4.72 Å².